The van der Waals surface area contributed by atoms with Crippen molar-refractivity contribution in [2.45, 2.75) is 77.6 Å². The molecule has 256 valence electrons. The molecule has 1 unspecified atom stereocenters. The molecule has 1 heterocycles. The highest BCUT2D eigenvalue weighted by atomic mass is 19.4. The third-order valence-corrected chi connectivity index (χ3v) is 9.06. The van der Waals surface area contributed by atoms with Gasteiger partial charge in [-0.05, 0) is 75.6 Å². The van der Waals surface area contributed by atoms with Crippen LogP contribution in [0, 0.1) is 17.0 Å². The number of nitrogens with zero attached hydrogens (tertiary/aromatic N) is 3. The SMILES string of the molecule is CC(C)(C)NCCN(CC1(C(F)(F)F)C=CC(c2ccccc2)=CC1)C(=O)Cn1c(CCc2cccc(F)c2F)nc(=O)c2c1CCC2. The summed E-state index contributed by atoms with van der Waals surface area (Å²) in [5.74, 6) is -2.34. The molecule has 3 aromatic rings. The Labute approximate surface area is 277 Å². The van der Waals surface area contributed by atoms with Crippen LogP contribution < -0.4 is 10.9 Å². The van der Waals surface area contributed by atoms with Gasteiger partial charge in [-0.25, -0.2) is 8.78 Å². The van der Waals surface area contributed by atoms with Crippen LogP contribution in [0.5, 0.6) is 0 Å². The molecule has 11 heteroatoms. The van der Waals surface area contributed by atoms with Gasteiger partial charge in [-0.15, -0.1) is 0 Å². The fourth-order valence-electron chi connectivity index (χ4n) is 6.40. The molecule has 2 aliphatic carbocycles. The van der Waals surface area contributed by atoms with Crippen molar-refractivity contribution in [2.24, 2.45) is 5.41 Å². The third kappa shape index (κ3) is 7.94. The molecule has 1 atom stereocenters. The minimum atomic E-state index is -4.65. The van der Waals surface area contributed by atoms with Gasteiger partial charge in [-0.3, -0.25) is 9.59 Å². The molecule has 0 spiro atoms. The number of aromatic nitrogens is 2. The van der Waals surface area contributed by atoms with E-state index in [1.807, 2.05) is 51.1 Å². The van der Waals surface area contributed by atoms with E-state index in [-0.39, 0.29) is 55.8 Å². The monoisotopic (exact) mass is 668 g/mol. The number of carbonyl (C=O) groups excluding carboxylic acids is 1. The number of hydrogen-bond donors (Lipinski definition) is 1. The van der Waals surface area contributed by atoms with Gasteiger partial charge in [-0.1, -0.05) is 60.7 Å². The van der Waals surface area contributed by atoms with Crippen LogP contribution in [-0.4, -0.2) is 51.7 Å². The normalized spacial score (nSPS) is 17.7. The zero-order valence-electron chi connectivity index (χ0n) is 27.5. The Kier molecular flexibility index (Phi) is 10.4. The van der Waals surface area contributed by atoms with Crippen molar-refractivity contribution in [1.29, 1.82) is 0 Å². The molecule has 5 rings (SSSR count). The van der Waals surface area contributed by atoms with E-state index in [0.29, 0.717) is 36.1 Å². The second-order valence-corrected chi connectivity index (χ2v) is 13.6. The zero-order valence-corrected chi connectivity index (χ0v) is 27.5. The minimum Gasteiger partial charge on any atom is -0.339 e. The second kappa shape index (κ2) is 14.2. The van der Waals surface area contributed by atoms with Gasteiger partial charge in [0.15, 0.2) is 11.6 Å². The van der Waals surface area contributed by atoms with E-state index in [4.69, 9.17) is 0 Å². The Morgan fingerprint density at radius 1 is 1.02 bits per heavy atom. The molecular weight excluding hydrogens is 627 g/mol. The molecule has 0 saturated carbocycles. The maximum atomic E-state index is 15.0. The summed E-state index contributed by atoms with van der Waals surface area (Å²) in [7, 11) is 0. The standard InChI is InChI=1S/C37H41F5N4O2/c1-35(2,3)43-21-22-45(24-36(37(40,41)42)19-17-26(18-20-36)25-9-5-4-6-10-25)32(47)23-46-30-14-8-12-28(30)34(48)44-31(46)16-15-27-11-7-13-29(38)33(27)39/h4-7,9-11,13,17-19,43H,8,12,14-16,20-24H2,1-3H3. The summed E-state index contributed by atoms with van der Waals surface area (Å²) in [6.07, 6.45) is 0.909. The molecule has 1 aromatic heterocycles. The van der Waals surface area contributed by atoms with Gasteiger partial charge >= 0.3 is 6.18 Å². The highest BCUT2D eigenvalue weighted by Gasteiger charge is 2.54. The van der Waals surface area contributed by atoms with E-state index < -0.39 is 41.2 Å². The largest absolute Gasteiger partial charge is 0.399 e. The molecular formula is C37H41F5N4O2. The van der Waals surface area contributed by atoms with Crippen molar-refractivity contribution >= 4 is 11.5 Å². The minimum absolute atomic E-state index is 0.0106. The Balaban J connectivity index is 1.46. The number of benzene rings is 2. The summed E-state index contributed by atoms with van der Waals surface area (Å²) < 4.78 is 74.8. The van der Waals surface area contributed by atoms with Gasteiger partial charge in [-0.2, -0.15) is 18.2 Å². The molecule has 6 nitrogen and oxygen atoms in total. The van der Waals surface area contributed by atoms with E-state index in [1.54, 1.807) is 10.6 Å². The van der Waals surface area contributed by atoms with E-state index >= 15 is 0 Å². The number of amides is 1. The number of allylic oxidation sites excluding steroid dienone is 3. The number of halogens is 5. The fourth-order valence-corrected chi connectivity index (χ4v) is 6.40. The maximum Gasteiger partial charge on any atom is 0.399 e. The third-order valence-electron chi connectivity index (χ3n) is 9.06. The van der Waals surface area contributed by atoms with Crippen LogP contribution in [0.15, 0.2) is 71.6 Å². The first-order chi connectivity index (χ1) is 22.7. The van der Waals surface area contributed by atoms with E-state index in [1.165, 1.54) is 29.2 Å². The van der Waals surface area contributed by atoms with Gasteiger partial charge < -0.3 is 14.8 Å². The molecule has 0 saturated heterocycles. The molecule has 0 aliphatic heterocycles. The Morgan fingerprint density at radius 2 is 1.77 bits per heavy atom. The lowest BCUT2D eigenvalue weighted by atomic mass is 9.77. The number of carbonyl (C=O) groups is 1. The smallest absolute Gasteiger partial charge is 0.339 e. The van der Waals surface area contributed by atoms with Crippen LogP contribution in [-0.2, 0) is 37.0 Å². The second-order valence-electron chi connectivity index (χ2n) is 13.6. The number of fused-ring (bicyclic) bond motifs is 1. The molecule has 0 fully saturated rings. The average Bonchev–Trinajstić information content (AvgIpc) is 3.53. The van der Waals surface area contributed by atoms with Crippen molar-refractivity contribution in [2.75, 3.05) is 19.6 Å². The van der Waals surface area contributed by atoms with Crippen molar-refractivity contribution in [3.8, 4) is 0 Å². The fraction of sp³-hybridized carbons (Fsp3) is 0.432. The van der Waals surface area contributed by atoms with Crippen LogP contribution >= 0.6 is 0 Å². The number of alkyl halides is 3. The highest BCUT2D eigenvalue weighted by Crippen LogP contribution is 2.47. The predicted octanol–water partition coefficient (Wildman–Crippen LogP) is 6.60. The first kappa shape index (κ1) is 35.2. The van der Waals surface area contributed by atoms with E-state index in [9.17, 15) is 31.5 Å². The van der Waals surface area contributed by atoms with Gasteiger partial charge in [0.05, 0.1) is 0 Å². The van der Waals surface area contributed by atoms with Gasteiger partial charge in [0, 0.05) is 42.9 Å². The van der Waals surface area contributed by atoms with Crippen LogP contribution in [0.3, 0.4) is 0 Å². The topological polar surface area (TPSA) is 67.2 Å². The molecule has 2 aromatic carbocycles. The van der Waals surface area contributed by atoms with E-state index in [2.05, 4.69) is 10.3 Å². The van der Waals surface area contributed by atoms with E-state index in [0.717, 1.165) is 11.6 Å². The predicted molar refractivity (Wildman–Crippen MR) is 175 cm³/mol. The quantitative estimate of drug-likeness (QED) is 0.234. The Hall–Kier alpha value is -4.12. The molecule has 48 heavy (non-hydrogen) atoms. The van der Waals surface area contributed by atoms with Gasteiger partial charge in [0.2, 0.25) is 5.91 Å². The number of aryl methyl sites for hydroxylation is 2. The summed E-state index contributed by atoms with van der Waals surface area (Å²) in [5, 5.41) is 3.27. The molecule has 1 amide bonds. The Bertz CT molecular complexity index is 1760. The Morgan fingerprint density at radius 3 is 2.44 bits per heavy atom. The molecule has 2 aliphatic rings. The zero-order chi connectivity index (χ0) is 34.7. The molecule has 0 bridgehead atoms. The maximum absolute atomic E-state index is 15.0. The lowest BCUT2D eigenvalue weighted by Crippen LogP contribution is -2.52. The van der Waals surface area contributed by atoms with Crippen molar-refractivity contribution in [1.82, 2.24) is 19.8 Å². The lowest BCUT2D eigenvalue weighted by molar-refractivity contribution is -0.210. The van der Waals surface area contributed by atoms with Crippen molar-refractivity contribution in [3.63, 3.8) is 0 Å². The highest BCUT2D eigenvalue weighted by molar-refractivity contribution is 5.77. The molecule has 0 radical (unpaired) electrons. The summed E-state index contributed by atoms with van der Waals surface area (Å²) in [4.78, 5) is 32.6. The van der Waals surface area contributed by atoms with Crippen LogP contribution in [0.4, 0.5) is 22.0 Å². The van der Waals surface area contributed by atoms with Gasteiger partial charge in [0.25, 0.3) is 5.56 Å². The van der Waals surface area contributed by atoms with Gasteiger partial charge in [0.1, 0.15) is 17.8 Å². The number of nitrogens with one attached hydrogen (secondary N) is 1. The van der Waals surface area contributed by atoms with Crippen LogP contribution in [0.25, 0.3) is 5.57 Å². The average molecular weight is 669 g/mol. The van der Waals surface area contributed by atoms with Crippen LogP contribution in [0.2, 0.25) is 0 Å². The number of rotatable bonds is 11. The first-order valence-electron chi connectivity index (χ1n) is 16.3. The summed E-state index contributed by atoms with van der Waals surface area (Å²) in [5.41, 5.74) is -0.418. The first-order valence-corrected chi connectivity index (χ1v) is 16.3. The van der Waals surface area contributed by atoms with Crippen LogP contribution in [0.1, 0.15) is 61.8 Å². The number of hydrogen-bond acceptors (Lipinski definition) is 4. The summed E-state index contributed by atoms with van der Waals surface area (Å²) in [6.45, 7) is 5.11. The van der Waals surface area contributed by atoms with Crippen molar-refractivity contribution in [3.05, 3.63) is 117 Å². The lowest BCUT2D eigenvalue weighted by Gasteiger charge is -2.39. The summed E-state index contributed by atoms with van der Waals surface area (Å²) in [6, 6.07) is 13.0. The molecule has 1 N–H and O–H groups in total. The summed E-state index contributed by atoms with van der Waals surface area (Å²) >= 11 is 0. The van der Waals surface area contributed by atoms with Crippen molar-refractivity contribution < 1.29 is 26.7 Å².